The molecule has 0 fully saturated rings. The summed E-state index contributed by atoms with van der Waals surface area (Å²) >= 11 is 0. The average Bonchev–Trinajstić information content (AvgIpc) is 3.84. The first-order chi connectivity index (χ1) is 28.2. The van der Waals surface area contributed by atoms with Crippen molar-refractivity contribution in [2.75, 3.05) is 0 Å². The molecule has 0 spiro atoms. The van der Waals surface area contributed by atoms with E-state index in [1.807, 2.05) is 18.2 Å². The van der Waals surface area contributed by atoms with E-state index in [0.717, 1.165) is 82.9 Å². The van der Waals surface area contributed by atoms with E-state index in [2.05, 4.69) is 182 Å². The molecule has 0 aliphatic rings. The van der Waals surface area contributed by atoms with E-state index in [9.17, 15) is 0 Å². The number of hydrogen-bond acceptors (Lipinski definition) is 4. The van der Waals surface area contributed by atoms with Crippen LogP contribution in [0.25, 0.3) is 95.4 Å². The van der Waals surface area contributed by atoms with Crippen molar-refractivity contribution in [3.8, 4) is 51.0 Å². The molecule has 3 heterocycles. The van der Waals surface area contributed by atoms with Crippen molar-refractivity contribution in [3.05, 3.63) is 205 Å². The van der Waals surface area contributed by atoms with Gasteiger partial charge in [-0.2, -0.15) is 9.97 Å². The van der Waals surface area contributed by atoms with Crippen LogP contribution < -0.4 is 0 Å². The molecule has 10 aromatic rings. The first kappa shape index (κ1) is 33.9. The first-order valence-electron chi connectivity index (χ1n) is 19.1. The van der Waals surface area contributed by atoms with Crippen molar-refractivity contribution in [1.29, 1.82) is 0 Å². The maximum Gasteiger partial charge on any atom is 0.238 e. The highest BCUT2D eigenvalue weighted by atomic mass is 16.3. The average molecular weight is 733 g/mol. The van der Waals surface area contributed by atoms with E-state index in [1.165, 1.54) is 0 Å². The summed E-state index contributed by atoms with van der Waals surface area (Å²) in [6.07, 6.45) is 3.95. The van der Waals surface area contributed by atoms with Crippen LogP contribution in [0.3, 0.4) is 0 Å². The Morgan fingerprint density at radius 3 is 1.56 bits per heavy atom. The zero-order chi connectivity index (χ0) is 38.3. The van der Waals surface area contributed by atoms with Gasteiger partial charge in [-0.25, -0.2) is 4.98 Å². The lowest BCUT2D eigenvalue weighted by atomic mass is 9.94. The molecule has 0 aliphatic carbocycles. The van der Waals surface area contributed by atoms with Crippen LogP contribution in [0.2, 0.25) is 0 Å². The summed E-state index contributed by atoms with van der Waals surface area (Å²) in [6.45, 7) is 6.25. The summed E-state index contributed by atoms with van der Waals surface area (Å²) in [5.74, 6) is 2.36. The fourth-order valence-electron chi connectivity index (χ4n) is 7.93. The number of hydrogen-bond donors (Lipinski definition) is 0. The van der Waals surface area contributed by atoms with Gasteiger partial charge in [0.2, 0.25) is 5.95 Å². The Bertz CT molecular complexity index is 3000. The fourth-order valence-corrected chi connectivity index (χ4v) is 7.93. The molecule has 0 amide bonds. The minimum absolute atomic E-state index is 0.500. The molecule has 0 bridgehead atoms. The standard InChI is InChI=1S/C52H36N4O/c1-3-41(38-20-12-7-13-21-38)47-44-33-32-43-42-22-14-15-23-45(42)56(48(43)49(44)57-46(47)4-2)52-54-50(39-28-24-36(25-29-39)34-16-8-5-9-17-34)53-51(55-52)40-30-26-37(27-31-40)35-18-10-6-11-19-35/h3-33H,2H2,1H3/b41-3-. The molecular weight excluding hydrogens is 697 g/mol. The van der Waals surface area contributed by atoms with E-state index >= 15 is 0 Å². The monoisotopic (exact) mass is 732 g/mol. The molecule has 5 heteroatoms. The smallest absolute Gasteiger partial charge is 0.238 e. The Kier molecular flexibility index (Phi) is 8.46. The molecule has 0 aliphatic heterocycles. The predicted molar refractivity (Wildman–Crippen MR) is 235 cm³/mol. The molecule has 0 radical (unpaired) electrons. The molecule has 0 atom stereocenters. The van der Waals surface area contributed by atoms with E-state index in [1.54, 1.807) is 6.08 Å². The number of rotatable bonds is 8. The van der Waals surface area contributed by atoms with Gasteiger partial charge in [-0.05, 0) is 58.5 Å². The van der Waals surface area contributed by atoms with Crippen molar-refractivity contribution in [1.82, 2.24) is 19.5 Å². The van der Waals surface area contributed by atoms with Crippen molar-refractivity contribution in [3.63, 3.8) is 0 Å². The van der Waals surface area contributed by atoms with Gasteiger partial charge in [0, 0.05) is 32.8 Å². The molecule has 7 aromatic carbocycles. The van der Waals surface area contributed by atoms with Gasteiger partial charge in [0.1, 0.15) is 11.3 Å². The van der Waals surface area contributed by atoms with Crippen LogP contribution in [-0.4, -0.2) is 19.5 Å². The molecule has 57 heavy (non-hydrogen) atoms. The van der Waals surface area contributed by atoms with E-state index in [-0.39, 0.29) is 0 Å². The summed E-state index contributed by atoms with van der Waals surface area (Å²) in [7, 11) is 0. The number of para-hydroxylation sites is 1. The molecule has 0 unspecified atom stereocenters. The summed E-state index contributed by atoms with van der Waals surface area (Å²) in [5.41, 5.74) is 12.1. The van der Waals surface area contributed by atoms with Gasteiger partial charge >= 0.3 is 0 Å². The number of nitrogens with zero attached hydrogens (tertiary/aromatic N) is 4. The summed E-state index contributed by atoms with van der Waals surface area (Å²) in [6, 6.07) is 60.8. The summed E-state index contributed by atoms with van der Waals surface area (Å²) in [4.78, 5) is 15.7. The zero-order valence-electron chi connectivity index (χ0n) is 31.3. The normalized spacial score (nSPS) is 11.8. The third-order valence-electron chi connectivity index (χ3n) is 10.7. The Hall–Kier alpha value is -7.63. The number of fused-ring (bicyclic) bond motifs is 5. The number of aromatic nitrogens is 4. The summed E-state index contributed by atoms with van der Waals surface area (Å²) in [5, 5.41) is 3.10. The van der Waals surface area contributed by atoms with Gasteiger partial charge in [-0.3, -0.25) is 4.57 Å². The van der Waals surface area contributed by atoms with Crippen LogP contribution in [0, 0.1) is 0 Å². The third-order valence-corrected chi connectivity index (χ3v) is 10.7. The summed E-state index contributed by atoms with van der Waals surface area (Å²) < 4.78 is 8.98. The van der Waals surface area contributed by atoms with Gasteiger partial charge in [-0.1, -0.05) is 176 Å². The highest BCUT2D eigenvalue weighted by Crippen LogP contribution is 2.43. The third kappa shape index (κ3) is 5.94. The minimum atomic E-state index is 0.500. The van der Waals surface area contributed by atoms with Crippen LogP contribution >= 0.6 is 0 Å². The highest BCUT2D eigenvalue weighted by Gasteiger charge is 2.25. The molecular formula is C52H36N4O. The first-order valence-corrected chi connectivity index (χ1v) is 19.1. The lowest BCUT2D eigenvalue weighted by Gasteiger charge is -2.12. The largest absolute Gasteiger partial charge is 0.454 e. The van der Waals surface area contributed by atoms with Gasteiger partial charge in [0.25, 0.3) is 0 Å². The fraction of sp³-hybridized carbons (Fsp3) is 0.0192. The second-order valence-electron chi connectivity index (χ2n) is 14.0. The van der Waals surface area contributed by atoms with Gasteiger partial charge < -0.3 is 4.42 Å². The molecule has 0 N–H and O–H groups in total. The molecule has 0 saturated carbocycles. The highest BCUT2D eigenvalue weighted by molar-refractivity contribution is 6.19. The quantitative estimate of drug-likeness (QED) is 0.156. The molecule has 10 rings (SSSR count). The molecule has 0 saturated heterocycles. The predicted octanol–water partition coefficient (Wildman–Crippen LogP) is 13.5. The molecule has 270 valence electrons. The van der Waals surface area contributed by atoms with Crippen molar-refractivity contribution in [2.24, 2.45) is 0 Å². The van der Waals surface area contributed by atoms with Crippen molar-refractivity contribution < 1.29 is 4.42 Å². The Labute approximate surface area is 330 Å². The second-order valence-corrected chi connectivity index (χ2v) is 14.0. The molecule has 3 aromatic heterocycles. The lowest BCUT2D eigenvalue weighted by molar-refractivity contribution is 0.605. The topological polar surface area (TPSA) is 56.7 Å². The maximum absolute atomic E-state index is 6.85. The van der Waals surface area contributed by atoms with Crippen LogP contribution in [0.1, 0.15) is 23.8 Å². The number of furan rings is 1. The second kappa shape index (κ2) is 14.2. The Morgan fingerprint density at radius 2 is 1.00 bits per heavy atom. The SMILES string of the molecule is C=Cc1oc2c(ccc3c4ccccc4n(-c4nc(-c5ccc(-c6ccccc6)cc5)nc(-c5ccc(-c6ccccc6)cc5)n4)c32)c1/C(=C\C)c1ccccc1. The van der Waals surface area contributed by atoms with Gasteiger partial charge in [0.05, 0.1) is 5.52 Å². The Balaban J connectivity index is 1.22. The van der Waals surface area contributed by atoms with Crippen LogP contribution in [-0.2, 0) is 0 Å². The van der Waals surface area contributed by atoms with Gasteiger partial charge in [-0.15, -0.1) is 0 Å². The van der Waals surface area contributed by atoms with Gasteiger partial charge in [0.15, 0.2) is 17.2 Å². The van der Waals surface area contributed by atoms with Crippen LogP contribution in [0.5, 0.6) is 0 Å². The van der Waals surface area contributed by atoms with Crippen molar-refractivity contribution in [2.45, 2.75) is 6.92 Å². The zero-order valence-corrected chi connectivity index (χ0v) is 31.3. The minimum Gasteiger partial charge on any atom is -0.454 e. The van der Waals surface area contributed by atoms with E-state index < -0.39 is 0 Å². The number of benzene rings is 7. The van der Waals surface area contributed by atoms with Crippen LogP contribution in [0.4, 0.5) is 0 Å². The van der Waals surface area contributed by atoms with E-state index in [4.69, 9.17) is 19.4 Å². The number of allylic oxidation sites excluding steroid dienone is 1. The molecule has 5 nitrogen and oxygen atoms in total. The maximum atomic E-state index is 6.85. The van der Waals surface area contributed by atoms with E-state index in [0.29, 0.717) is 23.4 Å². The van der Waals surface area contributed by atoms with Crippen molar-refractivity contribution >= 4 is 44.4 Å². The lowest BCUT2D eigenvalue weighted by Crippen LogP contribution is -2.06. The van der Waals surface area contributed by atoms with Crippen LogP contribution in [0.15, 0.2) is 193 Å². The Morgan fingerprint density at radius 1 is 0.509 bits per heavy atom.